The molecule has 0 N–H and O–H groups in total. The van der Waals surface area contributed by atoms with Crippen molar-refractivity contribution < 1.29 is 4.57 Å². The Labute approximate surface area is 303 Å². The van der Waals surface area contributed by atoms with E-state index in [1.807, 2.05) is 54.6 Å². The summed E-state index contributed by atoms with van der Waals surface area (Å²) in [6.45, 7) is 0. The average molecular weight is 685 g/mol. The minimum atomic E-state index is -3.49. The molecule has 11 rings (SSSR count). The number of aromatic nitrogens is 2. The zero-order chi connectivity index (χ0) is 34.4. The third-order valence-electron chi connectivity index (χ3n) is 11.8. The van der Waals surface area contributed by atoms with Gasteiger partial charge in [0.2, 0.25) is 7.14 Å². The molecule has 7 aliphatic carbocycles. The van der Waals surface area contributed by atoms with Crippen LogP contribution in [0.1, 0.15) is 41.1 Å². The van der Waals surface area contributed by atoms with Gasteiger partial charge in [0.15, 0.2) is 0 Å². The van der Waals surface area contributed by atoms with Gasteiger partial charge < -0.3 is 4.57 Å². The van der Waals surface area contributed by atoms with Crippen LogP contribution in [-0.4, -0.2) is 9.97 Å². The number of benzene rings is 2. The first-order valence-corrected chi connectivity index (χ1v) is 19.9. The van der Waals surface area contributed by atoms with Gasteiger partial charge in [-0.15, -0.1) is 0 Å². The van der Waals surface area contributed by atoms with Crippen molar-refractivity contribution in [1.82, 2.24) is 9.97 Å². The van der Waals surface area contributed by atoms with Gasteiger partial charge in [-0.05, 0) is 93.8 Å². The van der Waals surface area contributed by atoms with Gasteiger partial charge in [0.05, 0.1) is 11.4 Å². The molecule has 0 saturated carbocycles. The van der Waals surface area contributed by atoms with E-state index in [1.165, 1.54) is 50.1 Å². The molecule has 246 valence electrons. The number of hydrogen-bond acceptors (Lipinski definition) is 3. The molecule has 5 unspecified atom stereocenters. The number of nitrogens with zero attached hydrogens (tertiary/aromatic N) is 2. The Bertz CT molecular complexity index is 2700. The second-order valence-corrected chi connectivity index (χ2v) is 17.2. The Morgan fingerprint density at radius 1 is 0.692 bits per heavy atom. The van der Waals surface area contributed by atoms with E-state index < -0.39 is 7.14 Å². The van der Waals surface area contributed by atoms with Crippen molar-refractivity contribution in [3.8, 4) is 11.3 Å². The van der Waals surface area contributed by atoms with Crippen molar-refractivity contribution in [2.75, 3.05) is 0 Å². The second-order valence-electron chi connectivity index (χ2n) is 14.5. The lowest BCUT2D eigenvalue weighted by Crippen LogP contribution is -2.30. The summed E-state index contributed by atoms with van der Waals surface area (Å²) >= 11 is 0. The summed E-state index contributed by atoms with van der Waals surface area (Å²) in [5.41, 5.74) is 22.1. The van der Waals surface area contributed by atoms with Gasteiger partial charge in [-0.25, -0.2) is 9.97 Å². The summed E-state index contributed by atoms with van der Waals surface area (Å²) in [6, 6.07) is 26.2. The molecule has 7 aliphatic rings. The van der Waals surface area contributed by atoms with E-state index in [-0.39, 0.29) is 5.92 Å². The highest BCUT2D eigenvalue weighted by atomic mass is 31.2. The first-order chi connectivity index (χ1) is 25.6. The first-order valence-electron chi connectivity index (χ1n) is 18.2. The molecular formula is C48H33N2OP. The number of pyridine rings is 2. The summed E-state index contributed by atoms with van der Waals surface area (Å²) in [5, 5.41) is 0.729. The van der Waals surface area contributed by atoms with Crippen LogP contribution in [0.15, 0.2) is 179 Å². The van der Waals surface area contributed by atoms with Gasteiger partial charge in [0.25, 0.3) is 0 Å². The van der Waals surface area contributed by atoms with E-state index in [0.717, 1.165) is 35.1 Å². The fourth-order valence-corrected chi connectivity index (χ4v) is 11.9. The molecule has 0 aliphatic heterocycles. The smallest absolute Gasteiger partial charge is 0.206 e. The van der Waals surface area contributed by atoms with Crippen molar-refractivity contribution in [3.05, 3.63) is 201 Å². The third-order valence-corrected chi connectivity index (χ3v) is 14.6. The molecule has 4 heteroatoms. The van der Waals surface area contributed by atoms with Crippen LogP contribution in [0, 0.1) is 17.8 Å². The van der Waals surface area contributed by atoms with Crippen LogP contribution < -0.4 is 16.2 Å². The molecule has 0 fully saturated rings. The molecule has 5 atom stereocenters. The van der Waals surface area contributed by atoms with Gasteiger partial charge in [-0.1, -0.05) is 127 Å². The first kappa shape index (κ1) is 29.9. The van der Waals surface area contributed by atoms with Crippen molar-refractivity contribution in [1.29, 1.82) is 0 Å². The molecular weight excluding hydrogens is 652 g/mol. The van der Waals surface area contributed by atoms with Gasteiger partial charge in [0, 0.05) is 40.1 Å². The molecule has 0 amide bonds. The number of rotatable bonds is 5. The highest BCUT2D eigenvalue weighted by Gasteiger charge is 2.39. The zero-order valence-corrected chi connectivity index (χ0v) is 29.3. The molecule has 0 saturated heterocycles. The lowest BCUT2D eigenvalue weighted by Gasteiger charge is -2.38. The molecule has 0 radical (unpaired) electrons. The normalized spacial score (nSPS) is 24.7. The van der Waals surface area contributed by atoms with Gasteiger partial charge >= 0.3 is 0 Å². The Hall–Kier alpha value is -5.81. The second kappa shape index (κ2) is 11.3. The fourth-order valence-electron chi connectivity index (χ4n) is 9.43. The van der Waals surface area contributed by atoms with E-state index in [4.69, 9.17) is 9.97 Å². The van der Waals surface area contributed by atoms with Crippen LogP contribution in [0.25, 0.3) is 29.0 Å². The van der Waals surface area contributed by atoms with Crippen LogP contribution in [0.3, 0.4) is 0 Å². The molecule has 52 heavy (non-hydrogen) atoms. The topological polar surface area (TPSA) is 42.9 Å². The van der Waals surface area contributed by atoms with Crippen molar-refractivity contribution in [3.63, 3.8) is 0 Å². The maximum Gasteiger partial charge on any atom is 0.206 e. The van der Waals surface area contributed by atoms with Crippen molar-refractivity contribution in [2.45, 2.75) is 18.8 Å². The zero-order valence-electron chi connectivity index (χ0n) is 28.4. The Morgan fingerprint density at radius 3 is 2.40 bits per heavy atom. The summed E-state index contributed by atoms with van der Waals surface area (Å²) < 4.78 is 16.0. The molecule has 0 spiro atoms. The molecule has 0 bridgehead atoms. The average Bonchev–Trinajstić information content (AvgIpc) is 3.22. The van der Waals surface area contributed by atoms with E-state index in [9.17, 15) is 0 Å². The molecule has 2 heterocycles. The van der Waals surface area contributed by atoms with Gasteiger partial charge in [0.1, 0.15) is 10.9 Å². The lowest BCUT2D eigenvalue weighted by atomic mass is 9.65. The van der Waals surface area contributed by atoms with Gasteiger partial charge in [-0.2, -0.15) is 0 Å². The van der Waals surface area contributed by atoms with Crippen LogP contribution in [0.2, 0.25) is 0 Å². The van der Waals surface area contributed by atoms with Crippen molar-refractivity contribution in [2.24, 2.45) is 17.8 Å². The maximum absolute atomic E-state index is 16.0. The van der Waals surface area contributed by atoms with E-state index in [1.54, 1.807) is 0 Å². The predicted molar refractivity (Wildman–Crippen MR) is 212 cm³/mol. The highest BCUT2D eigenvalue weighted by Crippen LogP contribution is 2.52. The van der Waals surface area contributed by atoms with Crippen molar-refractivity contribution >= 4 is 41.0 Å². The summed E-state index contributed by atoms with van der Waals surface area (Å²) in [4.78, 5) is 10.6. The number of hydrogen-bond donors (Lipinski definition) is 0. The minimum Gasteiger partial charge on any atom is -0.305 e. The Kier molecular flexibility index (Phi) is 6.52. The Morgan fingerprint density at radius 2 is 1.52 bits per heavy atom. The summed E-state index contributed by atoms with van der Waals surface area (Å²) in [6.07, 6.45) is 28.8. The molecule has 2 aromatic carbocycles. The quantitative estimate of drug-likeness (QED) is 0.155. The maximum atomic E-state index is 16.0. The highest BCUT2D eigenvalue weighted by molar-refractivity contribution is 7.84. The largest absolute Gasteiger partial charge is 0.305 e. The third kappa shape index (κ3) is 4.32. The summed E-state index contributed by atoms with van der Waals surface area (Å²) in [7, 11) is -3.49. The minimum absolute atomic E-state index is 0.268. The van der Waals surface area contributed by atoms with Crippen LogP contribution >= 0.6 is 7.14 Å². The predicted octanol–water partition coefficient (Wildman–Crippen LogP) is 9.50. The SMILES string of the molecule is O=P(c1ccccc1)(c1cccc(C2=C3C=CC4=C=C=CC5C=CC(=C3C45)CC2)n1)c1cccc(-c2ccc3c4c2C=CC2=CC=CC(C=C3)C24)n1. The Balaban J connectivity index is 1.06. The standard InChI is InChI=1S/C48H33N2OP/c51-52(36-12-2-1-3-13-36,43-16-6-14-41(49-43)37-26-22-34-20-18-30-8-4-10-32-24-28-39(37)47(34)45(30)32)44-17-7-15-42(50-44)38-27-23-35-21-19-31-9-5-11-33-25-29-40(38)48(35)46(31)33/h1-4,6-10,12-22,24-26,28-31,45-46H,23,27H2. The van der Waals surface area contributed by atoms with E-state index >= 15 is 4.57 Å². The van der Waals surface area contributed by atoms with Crippen LogP contribution in [-0.2, 0) is 4.57 Å². The van der Waals surface area contributed by atoms with Crippen LogP contribution in [0.5, 0.6) is 0 Å². The van der Waals surface area contributed by atoms with Gasteiger partial charge in [-0.3, -0.25) is 0 Å². The van der Waals surface area contributed by atoms with E-state index in [0.29, 0.717) is 28.6 Å². The van der Waals surface area contributed by atoms with Crippen LogP contribution in [0.4, 0.5) is 0 Å². The number of allylic oxidation sites excluding steroid dienone is 16. The molecule has 2 aromatic heterocycles. The lowest BCUT2D eigenvalue weighted by molar-refractivity contribution is 0.591. The summed E-state index contributed by atoms with van der Waals surface area (Å²) in [5.74, 6) is 1.22. The monoisotopic (exact) mass is 684 g/mol. The fraction of sp³-hybridized carbons (Fsp3) is 0.125. The molecule has 4 aromatic rings. The molecule has 3 nitrogen and oxygen atoms in total. The van der Waals surface area contributed by atoms with E-state index in [2.05, 4.69) is 109 Å².